The van der Waals surface area contributed by atoms with Crippen molar-refractivity contribution in [3.63, 3.8) is 0 Å². The summed E-state index contributed by atoms with van der Waals surface area (Å²) in [6.45, 7) is 3.66. The number of benzene rings is 1. The lowest BCUT2D eigenvalue weighted by Gasteiger charge is -2.36. The van der Waals surface area contributed by atoms with Crippen LogP contribution in [0.25, 0.3) is 10.9 Å². The predicted molar refractivity (Wildman–Crippen MR) is 78.2 cm³/mol. The number of nitrogens with zero attached hydrogens (tertiary/aromatic N) is 2. The van der Waals surface area contributed by atoms with E-state index < -0.39 is 0 Å². The van der Waals surface area contributed by atoms with Gasteiger partial charge in [0, 0.05) is 18.5 Å². The van der Waals surface area contributed by atoms with E-state index in [1.54, 1.807) is 6.20 Å². The van der Waals surface area contributed by atoms with Crippen molar-refractivity contribution in [1.82, 2.24) is 4.98 Å². The molecule has 2 atom stereocenters. The van der Waals surface area contributed by atoms with Gasteiger partial charge in [-0.25, -0.2) is 0 Å². The predicted octanol–water partition coefficient (Wildman–Crippen LogP) is 2.02. The molecule has 1 saturated heterocycles. The first-order chi connectivity index (χ1) is 9.16. The molecule has 3 N–H and O–H groups in total. The molecular weight excluding hydrogens is 238 g/mol. The number of aromatic nitrogens is 1. The van der Waals surface area contributed by atoms with Crippen LogP contribution in [0.3, 0.4) is 0 Å². The molecule has 1 aromatic carbocycles. The number of aliphatic hydroxyl groups is 1. The zero-order valence-corrected chi connectivity index (χ0v) is 11.1. The summed E-state index contributed by atoms with van der Waals surface area (Å²) in [5.74, 6) is 0.352. The molecule has 3 rings (SSSR count). The van der Waals surface area contributed by atoms with Crippen LogP contribution in [0.5, 0.6) is 0 Å². The van der Waals surface area contributed by atoms with Gasteiger partial charge in [-0.15, -0.1) is 0 Å². The zero-order valence-electron chi connectivity index (χ0n) is 11.1. The number of anilines is 2. The molecular formula is C15H19N3O. The Kier molecular flexibility index (Phi) is 3.03. The van der Waals surface area contributed by atoms with Gasteiger partial charge in [0.1, 0.15) is 0 Å². The molecule has 0 aliphatic carbocycles. The van der Waals surface area contributed by atoms with Crippen molar-refractivity contribution < 1.29 is 5.11 Å². The van der Waals surface area contributed by atoms with Crippen LogP contribution in [-0.4, -0.2) is 29.3 Å². The van der Waals surface area contributed by atoms with Gasteiger partial charge in [-0.3, -0.25) is 4.98 Å². The minimum atomic E-state index is -0.292. The summed E-state index contributed by atoms with van der Waals surface area (Å²) in [7, 11) is 0. The van der Waals surface area contributed by atoms with Crippen molar-refractivity contribution in [2.24, 2.45) is 5.92 Å². The van der Waals surface area contributed by atoms with E-state index in [1.807, 2.05) is 24.3 Å². The average molecular weight is 257 g/mol. The van der Waals surface area contributed by atoms with Crippen LogP contribution in [0.15, 0.2) is 30.5 Å². The smallest absolute Gasteiger partial charge is 0.0745 e. The molecule has 1 aliphatic rings. The molecule has 4 nitrogen and oxygen atoms in total. The first-order valence-corrected chi connectivity index (χ1v) is 6.73. The molecule has 2 heterocycles. The fourth-order valence-corrected chi connectivity index (χ4v) is 2.75. The van der Waals surface area contributed by atoms with Crippen LogP contribution in [0, 0.1) is 5.92 Å². The van der Waals surface area contributed by atoms with Crippen LogP contribution in [-0.2, 0) is 0 Å². The zero-order chi connectivity index (χ0) is 13.4. The Morgan fingerprint density at radius 1 is 1.37 bits per heavy atom. The van der Waals surface area contributed by atoms with Gasteiger partial charge in [0.25, 0.3) is 0 Å². The first-order valence-electron chi connectivity index (χ1n) is 6.73. The third-order valence-corrected chi connectivity index (χ3v) is 4.01. The third-order valence-electron chi connectivity index (χ3n) is 4.01. The van der Waals surface area contributed by atoms with E-state index in [4.69, 9.17) is 5.73 Å². The molecule has 0 radical (unpaired) electrons. The normalized spacial score (nSPS) is 23.8. The van der Waals surface area contributed by atoms with Crippen LogP contribution in [0.4, 0.5) is 11.4 Å². The highest BCUT2D eigenvalue weighted by Crippen LogP contribution is 2.33. The second-order valence-corrected chi connectivity index (χ2v) is 5.36. The summed E-state index contributed by atoms with van der Waals surface area (Å²) in [5, 5.41) is 11.1. The highest BCUT2D eigenvalue weighted by molar-refractivity contribution is 5.97. The Hall–Kier alpha value is -1.81. The summed E-state index contributed by atoms with van der Waals surface area (Å²) in [4.78, 5) is 6.54. The van der Waals surface area contributed by atoms with Crippen LogP contribution in [0.2, 0.25) is 0 Å². The van der Waals surface area contributed by atoms with Gasteiger partial charge in [-0.2, -0.15) is 0 Å². The molecule has 100 valence electrons. The number of nitrogen functional groups attached to an aromatic ring is 1. The third kappa shape index (κ3) is 2.12. The van der Waals surface area contributed by atoms with Crippen LogP contribution < -0.4 is 10.6 Å². The number of pyridine rings is 1. The van der Waals surface area contributed by atoms with E-state index in [0.717, 1.165) is 29.6 Å². The molecule has 1 aliphatic heterocycles. The highest BCUT2D eigenvalue weighted by Gasteiger charge is 2.26. The SMILES string of the molecule is CC1CCN(c2c(N)cnc3ccccc23)CC1O. The number of β-amino-alcohol motifs (C(OH)–C–C–N with tert-alkyl or cyclic N) is 1. The number of rotatable bonds is 1. The lowest BCUT2D eigenvalue weighted by Crippen LogP contribution is -2.43. The lowest BCUT2D eigenvalue weighted by molar-refractivity contribution is 0.103. The van der Waals surface area contributed by atoms with E-state index in [-0.39, 0.29) is 6.10 Å². The molecule has 0 spiro atoms. The topological polar surface area (TPSA) is 62.4 Å². The van der Waals surface area contributed by atoms with Gasteiger partial charge in [0.15, 0.2) is 0 Å². The second-order valence-electron chi connectivity index (χ2n) is 5.36. The Morgan fingerprint density at radius 3 is 2.95 bits per heavy atom. The van der Waals surface area contributed by atoms with Gasteiger partial charge in [0.2, 0.25) is 0 Å². The van der Waals surface area contributed by atoms with Gasteiger partial charge in [-0.05, 0) is 18.4 Å². The average Bonchev–Trinajstić information content (AvgIpc) is 2.42. The minimum Gasteiger partial charge on any atom is -0.396 e. The largest absolute Gasteiger partial charge is 0.396 e. The van der Waals surface area contributed by atoms with E-state index in [1.165, 1.54) is 0 Å². The second kappa shape index (κ2) is 4.70. The number of fused-ring (bicyclic) bond motifs is 1. The van der Waals surface area contributed by atoms with Gasteiger partial charge in [0.05, 0.1) is 29.2 Å². The molecule has 1 fully saturated rings. The Morgan fingerprint density at radius 2 is 2.16 bits per heavy atom. The minimum absolute atomic E-state index is 0.292. The number of piperidine rings is 1. The van der Waals surface area contributed by atoms with Gasteiger partial charge < -0.3 is 15.7 Å². The highest BCUT2D eigenvalue weighted by atomic mass is 16.3. The standard InChI is InChI=1S/C15H19N3O/c1-10-6-7-18(9-14(10)19)15-11-4-2-3-5-13(11)17-8-12(15)16/h2-5,8,10,14,19H,6-7,9,16H2,1H3. The monoisotopic (exact) mass is 257 g/mol. The van der Waals surface area contributed by atoms with E-state index >= 15 is 0 Å². The van der Waals surface area contributed by atoms with Crippen molar-refractivity contribution in [3.05, 3.63) is 30.5 Å². The van der Waals surface area contributed by atoms with E-state index in [9.17, 15) is 5.11 Å². The van der Waals surface area contributed by atoms with Gasteiger partial charge in [-0.1, -0.05) is 25.1 Å². The molecule has 2 unspecified atom stereocenters. The van der Waals surface area contributed by atoms with Crippen molar-refractivity contribution in [2.45, 2.75) is 19.4 Å². The van der Waals surface area contributed by atoms with Gasteiger partial charge >= 0.3 is 0 Å². The summed E-state index contributed by atoms with van der Waals surface area (Å²) < 4.78 is 0. The summed E-state index contributed by atoms with van der Waals surface area (Å²) >= 11 is 0. The van der Waals surface area contributed by atoms with Crippen molar-refractivity contribution >= 4 is 22.3 Å². The van der Waals surface area contributed by atoms with Crippen molar-refractivity contribution in [1.29, 1.82) is 0 Å². The molecule has 0 saturated carbocycles. The fraction of sp³-hybridized carbons (Fsp3) is 0.400. The number of hydrogen-bond donors (Lipinski definition) is 2. The molecule has 0 amide bonds. The molecule has 0 bridgehead atoms. The summed E-state index contributed by atoms with van der Waals surface area (Å²) in [6.07, 6.45) is 2.40. The number of hydrogen-bond acceptors (Lipinski definition) is 4. The maximum absolute atomic E-state index is 10.1. The quantitative estimate of drug-likeness (QED) is 0.820. The summed E-state index contributed by atoms with van der Waals surface area (Å²) in [6, 6.07) is 8.00. The Bertz CT molecular complexity index is 599. The maximum Gasteiger partial charge on any atom is 0.0745 e. The maximum atomic E-state index is 10.1. The van der Waals surface area contributed by atoms with Crippen LogP contribution in [0.1, 0.15) is 13.3 Å². The van der Waals surface area contributed by atoms with E-state index in [0.29, 0.717) is 18.2 Å². The molecule has 4 heteroatoms. The van der Waals surface area contributed by atoms with Crippen molar-refractivity contribution in [3.8, 4) is 0 Å². The number of nitrogens with two attached hydrogens (primary N) is 1. The Balaban J connectivity index is 2.07. The molecule has 19 heavy (non-hydrogen) atoms. The van der Waals surface area contributed by atoms with E-state index in [2.05, 4.69) is 16.8 Å². The lowest BCUT2D eigenvalue weighted by atomic mass is 9.95. The van der Waals surface area contributed by atoms with Crippen molar-refractivity contribution in [2.75, 3.05) is 23.7 Å². The summed E-state index contributed by atoms with van der Waals surface area (Å²) in [5.41, 5.74) is 8.75. The molecule has 2 aromatic rings. The number of aliphatic hydroxyl groups excluding tert-OH is 1. The number of para-hydroxylation sites is 1. The molecule has 1 aromatic heterocycles. The first kappa shape index (κ1) is 12.2. The Labute approximate surface area is 112 Å². The fourth-order valence-electron chi connectivity index (χ4n) is 2.75. The van der Waals surface area contributed by atoms with Crippen LogP contribution >= 0.6 is 0 Å².